The lowest BCUT2D eigenvalue weighted by Crippen LogP contribution is -2.45. The van der Waals surface area contributed by atoms with Crippen molar-refractivity contribution in [2.24, 2.45) is 0 Å². The van der Waals surface area contributed by atoms with Crippen molar-refractivity contribution >= 4 is 17.7 Å². The molecule has 0 spiro atoms. The van der Waals surface area contributed by atoms with Crippen LogP contribution in [0.4, 0.5) is 0 Å². The number of amides is 1. The van der Waals surface area contributed by atoms with Crippen molar-refractivity contribution in [1.29, 1.82) is 0 Å². The standard InChI is InChI=1S/C22H20N2O5/c1-14-8-6-7-11-16(14)20-17(13-23-29-20)21(26)24-18(19(25)22(27)28-2)12-15-9-4-3-5-10-15/h3-11,13,18H,12H2,1-2H3,(H,24,26). The largest absolute Gasteiger partial charge is 0.463 e. The third-order valence-corrected chi connectivity index (χ3v) is 4.50. The molecule has 2 aromatic carbocycles. The van der Waals surface area contributed by atoms with E-state index in [1.54, 1.807) is 0 Å². The summed E-state index contributed by atoms with van der Waals surface area (Å²) in [7, 11) is 1.12. The minimum Gasteiger partial charge on any atom is -0.463 e. The highest BCUT2D eigenvalue weighted by molar-refractivity contribution is 6.36. The fourth-order valence-electron chi connectivity index (χ4n) is 2.96. The molecule has 1 amide bonds. The number of carbonyl (C=O) groups is 3. The van der Waals surface area contributed by atoms with Crippen molar-refractivity contribution in [3.05, 3.63) is 77.5 Å². The molecule has 0 bridgehead atoms. The maximum absolute atomic E-state index is 12.9. The van der Waals surface area contributed by atoms with E-state index in [4.69, 9.17) is 4.52 Å². The fraction of sp³-hybridized carbons (Fsp3) is 0.182. The second kappa shape index (κ2) is 8.97. The first kappa shape index (κ1) is 20.0. The number of rotatable bonds is 7. The van der Waals surface area contributed by atoms with Crippen LogP contribution in [0, 0.1) is 6.92 Å². The van der Waals surface area contributed by atoms with Gasteiger partial charge >= 0.3 is 5.97 Å². The summed E-state index contributed by atoms with van der Waals surface area (Å²) in [6.45, 7) is 1.89. The molecule has 1 aromatic heterocycles. The third-order valence-electron chi connectivity index (χ3n) is 4.50. The Morgan fingerprint density at radius 1 is 1.07 bits per heavy atom. The molecular formula is C22H20N2O5. The van der Waals surface area contributed by atoms with Crippen molar-refractivity contribution < 1.29 is 23.6 Å². The highest BCUT2D eigenvalue weighted by Gasteiger charge is 2.30. The van der Waals surface area contributed by atoms with E-state index < -0.39 is 23.7 Å². The first-order valence-corrected chi connectivity index (χ1v) is 8.99. The van der Waals surface area contributed by atoms with E-state index in [1.165, 1.54) is 6.20 Å². The Labute approximate surface area is 167 Å². The summed E-state index contributed by atoms with van der Waals surface area (Å²) in [4.78, 5) is 37.2. The van der Waals surface area contributed by atoms with Crippen LogP contribution < -0.4 is 5.32 Å². The molecule has 0 saturated heterocycles. The molecule has 7 heteroatoms. The SMILES string of the molecule is COC(=O)C(=O)C(Cc1ccccc1)NC(=O)c1cnoc1-c1ccccc1C. The number of methoxy groups -OCH3 is 1. The smallest absolute Gasteiger partial charge is 0.376 e. The molecule has 3 rings (SSSR count). The van der Waals surface area contributed by atoms with Crippen LogP contribution in [0.1, 0.15) is 21.5 Å². The summed E-state index contributed by atoms with van der Waals surface area (Å²) in [6, 6.07) is 15.4. The van der Waals surface area contributed by atoms with Gasteiger partial charge in [0, 0.05) is 12.0 Å². The summed E-state index contributed by atoms with van der Waals surface area (Å²) >= 11 is 0. The second-order valence-electron chi connectivity index (χ2n) is 6.46. The van der Waals surface area contributed by atoms with E-state index in [-0.39, 0.29) is 12.0 Å². The Morgan fingerprint density at radius 3 is 2.45 bits per heavy atom. The fourth-order valence-corrected chi connectivity index (χ4v) is 2.96. The number of nitrogens with zero attached hydrogens (tertiary/aromatic N) is 1. The zero-order valence-electron chi connectivity index (χ0n) is 16.0. The summed E-state index contributed by atoms with van der Waals surface area (Å²) < 4.78 is 9.84. The molecule has 7 nitrogen and oxygen atoms in total. The maximum Gasteiger partial charge on any atom is 0.376 e. The number of ether oxygens (including phenoxy) is 1. The highest BCUT2D eigenvalue weighted by atomic mass is 16.5. The average molecular weight is 392 g/mol. The molecule has 0 saturated carbocycles. The number of hydrogen-bond acceptors (Lipinski definition) is 6. The third kappa shape index (κ3) is 4.57. The number of nitrogens with one attached hydrogen (secondary N) is 1. The molecule has 1 atom stereocenters. The quantitative estimate of drug-likeness (QED) is 0.490. The Bertz CT molecular complexity index is 1030. The van der Waals surface area contributed by atoms with E-state index >= 15 is 0 Å². The zero-order chi connectivity index (χ0) is 20.8. The Kier molecular flexibility index (Phi) is 6.19. The maximum atomic E-state index is 12.9. The number of benzene rings is 2. The van der Waals surface area contributed by atoms with Gasteiger partial charge in [0.25, 0.3) is 11.7 Å². The van der Waals surface area contributed by atoms with Crippen molar-refractivity contribution in [2.45, 2.75) is 19.4 Å². The minimum absolute atomic E-state index is 0.144. The van der Waals surface area contributed by atoms with Crippen molar-refractivity contribution in [1.82, 2.24) is 10.5 Å². The van der Waals surface area contributed by atoms with E-state index in [0.29, 0.717) is 11.3 Å². The molecule has 0 aliphatic heterocycles. The Morgan fingerprint density at radius 2 is 1.76 bits per heavy atom. The predicted octanol–water partition coefficient (Wildman–Crippen LogP) is 2.73. The minimum atomic E-state index is -1.09. The molecule has 0 aliphatic carbocycles. The van der Waals surface area contributed by atoms with Gasteiger partial charge in [-0.25, -0.2) is 4.79 Å². The Hall–Kier alpha value is -3.74. The number of carbonyl (C=O) groups excluding carboxylic acids is 3. The van der Waals surface area contributed by atoms with Crippen molar-refractivity contribution in [3.8, 4) is 11.3 Å². The molecule has 3 aromatic rings. The lowest BCUT2D eigenvalue weighted by molar-refractivity contribution is -0.152. The number of esters is 1. The Balaban J connectivity index is 1.87. The van der Waals surface area contributed by atoms with Crippen LogP contribution in [0.2, 0.25) is 0 Å². The van der Waals surface area contributed by atoms with Gasteiger partial charge in [0.15, 0.2) is 5.76 Å². The molecule has 1 N–H and O–H groups in total. The van der Waals surface area contributed by atoms with Crippen molar-refractivity contribution in [3.63, 3.8) is 0 Å². The highest BCUT2D eigenvalue weighted by Crippen LogP contribution is 2.26. The van der Waals surface area contributed by atoms with Gasteiger partial charge in [-0.2, -0.15) is 0 Å². The number of Topliss-reactive ketones (excluding diaryl/α,β-unsaturated/α-hetero) is 1. The number of aromatic nitrogens is 1. The number of ketones is 1. The topological polar surface area (TPSA) is 98.5 Å². The van der Waals surface area contributed by atoms with Crippen LogP contribution in [0.5, 0.6) is 0 Å². The molecule has 0 radical (unpaired) electrons. The molecule has 1 unspecified atom stereocenters. The van der Waals surface area contributed by atoms with Gasteiger partial charge in [-0.05, 0) is 18.1 Å². The van der Waals surface area contributed by atoms with Crippen LogP contribution in [0.15, 0.2) is 65.3 Å². The van der Waals surface area contributed by atoms with Gasteiger partial charge in [-0.15, -0.1) is 0 Å². The molecular weight excluding hydrogens is 372 g/mol. The summed E-state index contributed by atoms with van der Waals surface area (Å²) in [5.41, 5.74) is 2.59. The van der Waals surface area contributed by atoms with Gasteiger partial charge < -0.3 is 14.6 Å². The number of aryl methyl sites for hydroxylation is 1. The summed E-state index contributed by atoms with van der Waals surface area (Å²) in [6.07, 6.45) is 1.44. The second-order valence-corrected chi connectivity index (χ2v) is 6.46. The lowest BCUT2D eigenvalue weighted by Gasteiger charge is -2.16. The number of hydrogen-bond donors (Lipinski definition) is 1. The molecule has 0 fully saturated rings. The van der Waals surface area contributed by atoms with E-state index in [0.717, 1.165) is 18.2 Å². The molecule has 29 heavy (non-hydrogen) atoms. The molecule has 0 aliphatic rings. The first-order valence-electron chi connectivity index (χ1n) is 8.99. The predicted molar refractivity (Wildman–Crippen MR) is 105 cm³/mol. The van der Waals surface area contributed by atoms with E-state index in [2.05, 4.69) is 15.2 Å². The van der Waals surface area contributed by atoms with Crippen LogP contribution in [0.3, 0.4) is 0 Å². The van der Waals surface area contributed by atoms with Crippen LogP contribution in [0.25, 0.3) is 11.3 Å². The van der Waals surface area contributed by atoms with Crippen LogP contribution in [-0.2, 0) is 20.7 Å². The van der Waals surface area contributed by atoms with Gasteiger partial charge in [0.05, 0.1) is 13.3 Å². The summed E-state index contributed by atoms with van der Waals surface area (Å²) in [5.74, 6) is -2.12. The van der Waals surface area contributed by atoms with Crippen LogP contribution in [-0.4, -0.2) is 36.0 Å². The normalized spacial score (nSPS) is 11.5. The average Bonchev–Trinajstić information content (AvgIpc) is 3.23. The van der Waals surface area contributed by atoms with E-state index in [9.17, 15) is 14.4 Å². The lowest BCUT2D eigenvalue weighted by atomic mass is 10.0. The van der Waals surface area contributed by atoms with Crippen LogP contribution >= 0.6 is 0 Å². The first-order chi connectivity index (χ1) is 14.0. The van der Waals surface area contributed by atoms with Gasteiger partial charge in [0.1, 0.15) is 11.6 Å². The van der Waals surface area contributed by atoms with Crippen molar-refractivity contribution in [2.75, 3.05) is 7.11 Å². The molecule has 1 heterocycles. The van der Waals surface area contributed by atoms with E-state index in [1.807, 2.05) is 61.5 Å². The van der Waals surface area contributed by atoms with Gasteiger partial charge in [0.2, 0.25) is 0 Å². The monoisotopic (exact) mass is 392 g/mol. The molecule has 148 valence electrons. The van der Waals surface area contributed by atoms with Gasteiger partial charge in [-0.1, -0.05) is 59.8 Å². The van der Waals surface area contributed by atoms with Gasteiger partial charge in [-0.3, -0.25) is 9.59 Å². The zero-order valence-corrected chi connectivity index (χ0v) is 16.0. The summed E-state index contributed by atoms with van der Waals surface area (Å²) in [5, 5.41) is 6.36.